The van der Waals surface area contributed by atoms with E-state index in [1.165, 1.54) is 5.56 Å². The molecule has 2 N–H and O–H groups in total. The van der Waals surface area contributed by atoms with Crippen LogP contribution in [0.2, 0.25) is 0 Å². The average molecular weight is 323 g/mol. The van der Waals surface area contributed by atoms with Gasteiger partial charge in [0.1, 0.15) is 0 Å². The van der Waals surface area contributed by atoms with Crippen LogP contribution in [0, 0.1) is 5.92 Å². The first-order valence-electron chi connectivity index (χ1n) is 8.49. The summed E-state index contributed by atoms with van der Waals surface area (Å²) in [4.78, 5) is 0. The molecule has 1 aromatic carbocycles. The molecule has 3 rings (SSSR count). The smallest absolute Gasteiger partial charge is 0.0628 e. The molecule has 3 aromatic rings. The van der Waals surface area contributed by atoms with Crippen molar-refractivity contribution in [1.29, 1.82) is 0 Å². The van der Waals surface area contributed by atoms with Crippen molar-refractivity contribution in [3.63, 3.8) is 0 Å². The Bertz CT molecular complexity index is 715. The lowest BCUT2D eigenvalue weighted by molar-refractivity contribution is 0.435. The Morgan fingerprint density at radius 1 is 1.17 bits per heavy atom. The molecule has 0 fully saturated rings. The SMILES string of the molecule is CC(C)Cc1cc(CNC(Cn2cccn2)c2ccccc2)[nH]n1. The van der Waals surface area contributed by atoms with Gasteiger partial charge in [0.25, 0.3) is 0 Å². The number of hydrogen-bond donors (Lipinski definition) is 2. The maximum Gasteiger partial charge on any atom is 0.0628 e. The van der Waals surface area contributed by atoms with Gasteiger partial charge in [0.15, 0.2) is 0 Å². The topological polar surface area (TPSA) is 58.5 Å². The first-order valence-corrected chi connectivity index (χ1v) is 8.49. The minimum Gasteiger partial charge on any atom is -0.303 e. The molecule has 5 heteroatoms. The van der Waals surface area contributed by atoms with Gasteiger partial charge in [0, 0.05) is 24.6 Å². The van der Waals surface area contributed by atoms with Gasteiger partial charge in [-0.05, 0) is 30.0 Å². The fraction of sp³-hybridized carbons (Fsp3) is 0.368. The molecule has 2 aromatic heterocycles. The van der Waals surface area contributed by atoms with Crippen LogP contribution < -0.4 is 5.32 Å². The maximum absolute atomic E-state index is 4.40. The Morgan fingerprint density at radius 2 is 2.00 bits per heavy atom. The summed E-state index contributed by atoms with van der Waals surface area (Å²) in [6, 6.07) is 14.8. The third-order valence-corrected chi connectivity index (χ3v) is 3.97. The van der Waals surface area contributed by atoms with Crippen LogP contribution in [-0.2, 0) is 19.5 Å². The molecule has 0 radical (unpaired) electrons. The molecule has 2 heterocycles. The van der Waals surface area contributed by atoms with Crippen LogP contribution in [0.4, 0.5) is 0 Å². The summed E-state index contributed by atoms with van der Waals surface area (Å²) in [5, 5.41) is 15.5. The number of H-pyrrole nitrogens is 1. The van der Waals surface area contributed by atoms with E-state index in [1.807, 2.05) is 29.2 Å². The third kappa shape index (κ3) is 4.55. The van der Waals surface area contributed by atoms with Crippen LogP contribution in [0.25, 0.3) is 0 Å². The van der Waals surface area contributed by atoms with E-state index < -0.39 is 0 Å². The molecular formula is C19H25N5. The third-order valence-electron chi connectivity index (χ3n) is 3.97. The molecule has 0 spiro atoms. The van der Waals surface area contributed by atoms with Crippen LogP contribution in [0.15, 0.2) is 54.9 Å². The Labute approximate surface area is 143 Å². The largest absolute Gasteiger partial charge is 0.303 e. The van der Waals surface area contributed by atoms with E-state index in [9.17, 15) is 0 Å². The molecular weight excluding hydrogens is 298 g/mol. The minimum absolute atomic E-state index is 0.197. The fourth-order valence-corrected chi connectivity index (χ4v) is 2.82. The predicted octanol–water partition coefficient (Wildman–Crippen LogP) is 3.34. The number of rotatable bonds is 8. The lowest BCUT2D eigenvalue weighted by Gasteiger charge is -2.19. The number of nitrogens with one attached hydrogen (secondary N) is 2. The van der Waals surface area contributed by atoms with Gasteiger partial charge in [0.05, 0.1) is 18.3 Å². The molecule has 0 aliphatic rings. The molecule has 0 aliphatic heterocycles. The van der Waals surface area contributed by atoms with Crippen LogP contribution in [-0.4, -0.2) is 20.0 Å². The monoisotopic (exact) mass is 323 g/mol. The fourth-order valence-electron chi connectivity index (χ4n) is 2.82. The zero-order valence-electron chi connectivity index (χ0n) is 14.3. The summed E-state index contributed by atoms with van der Waals surface area (Å²) >= 11 is 0. The molecule has 5 nitrogen and oxygen atoms in total. The second-order valence-corrected chi connectivity index (χ2v) is 6.55. The number of hydrogen-bond acceptors (Lipinski definition) is 3. The highest BCUT2D eigenvalue weighted by Gasteiger charge is 2.13. The van der Waals surface area contributed by atoms with Gasteiger partial charge in [-0.2, -0.15) is 10.2 Å². The second-order valence-electron chi connectivity index (χ2n) is 6.55. The lowest BCUT2D eigenvalue weighted by Crippen LogP contribution is -2.25. The van der Waals surface area contributed by atoms with E-state index in [0.717, 1.165) is 30.9 Å². The summed E-state index contributed by atoms with van der Waals surface area (Å²) in [5.41, 5.74) is 3.51. The van der Waals surface area contributed by atoms with Gasteiger partial charge in [-0.1, -0.05) is 44.2 Å². The van der Waals surface area contributed by atoms with E-state index in [1.54, 1.807) is 0 Å². The average Bonchev–Trinajstić information content (AvgIpc) is 3.23. The summed E-state index contributed by atoms with van der Waals surface area (Å²) in [6.45, 7) is 5.97. The Kier molecular flexibility index (Phi) is 5.43. The highest BCUT2D eigenvalue weighted by Crippen LogP contribution is 2.16. The molecule has 24 heavy (non-hydrogen) atoms. The molecule has 1 atom stereocenters. The highest BCUT2D eigenvalue weighted by atomic mass is 15.3. The molecule has 0 saturated heterocycles. The van der Waals surface area contributed by atoms with Crippen molar-refractivity contribution in [2.75, 3.05) is 0 Å². The van der Waals surface area contributed by atoms with Crippen molar-refractivity contribution in [1.82, 2.24) is 25.3 Å². The Balaban J connectivity index is 1.66. The maximum atomic E-state index is 4.40. The Morgan fingerprint density at radius 3 is 2.71 bits per heavy atom. The van der Waals surface area contributed by atoms with E-state index in [4.69, 9.17) is 0 Å². The van der Waals surface area contributed by atoms with Gasteiger partial charge in [-0.15, -0.1) is 0 Å². The zero-order valence-corrected chi connectivity index (χ0v) is 14.3. The molecule has 0 aliphatic carbocycles. The van der Waals surface area contributed by atoms with E-state index in [2.05, 4.69) is 64.8 Å². The Hall–Kier alpha value is -2.40. The normalized spacial score (nSPS) is 12.6. The number of aromatic amines is 1. The van der Waals surface area contributed by atoms with Gasteiger partial charge in [0.2, 0.25) is 0 Å². The van der Waals surface area contributed by atoms with Gasteiger partial charge in [-0.25, -0.2) is 0 Å². The minimum atomic E-state index is 0.197. The first kappa shape index (κ1) is 16.5. The van der Waals surface area contributed by atoms with Crippen LogP contribution in [0.5, 0.6) is 0 Å². The number of benzene rings is 1. The van der Waals surface area contributed by atoms with Crippen molar-refractivity contribution < 1.29 is 0 Å². The van der Waals surface area contributed by atoms with Gasteiger partial charge >= 0.3 is 0 Å². The zero-order chi connectivity index (χ0) is 16.8. The molecule has 1 unspecified atom stereocenters. The molecule has 0 saturated carbocycles. The highest BCUT2D eigenvalue weighted by molar-refractivity contribution is 5.19. The number of aromatic nitrogens is 4. The molecule has 0 bridgehead atoms. The standard InChI is InChI=1S/C19H25N5/c1-15(2)11-17-12-18(23-22-17)13-20-19(14-24-10-6-9-21-24)16-7-4-3-5-8-16/h3-10,12,15,19-20H,11,13-14H2,1-2H3,(H,22,23). The van der Waals surface area contributed by atoms with Crippen LogP contribution in [0.1, 0.15) is 36.8 Å². The van der Waals surface area contributed by atoms with Crippen molar-refractivity contribution in [3.05, 3.63) is 71.8 Å². The van der Waals surface area contributed by atoms with E-state index in [-0.39, 0.29) is 6.04 Å². The predicted molar refractivity (Wildman–Crippen MR) is 95.4 cm³/mol. The summed E-state index contributed by atoms with van der Waals surface area (Å²) in [7, 11) is 0. The van der Waals surface area contributed by atoms with Crippen molar-refractivity contribution >= 4 is 0 Å². The number of nitrogens with zero attached hydrogens (tertiary/aromatic N) is 3. The first-order chi connectivity index (χ1) is 11.7. The lowest BCUT2D eigenvalue weighted by atomic mass is 10.1. The van der Waals surface area contributed by atoms with Crippen molar-refractivity contribution in [2.45, 2.75) is 39.4 Å². The summed E-state index contributed by atoms with van der Waals surface area (Å²) in [6.07, 6.45) is 4.82. The molecule has 126 valence electrons. The van der Waals surface area contributed by atoms with E-state index >= 15 is 0 Å². The summed E-state index contributed by atoms with van der Waals surface area (Å²) in [5.74, 6) is 0.617. The van der Waals surface area contributed by atoms with Crippen LogP contribution >= 0.6 is 0 Å². The van der Waals surface area contributed by atoms with Gasteiger partial charge < -0.3 is 5.32 Å². The van der Waals surface area contributed by atoms with Crippen molar-refractivity contribution in [3.8, 4) is 0 Å². The van der Waals surface area contributed by atoms with E-state index in [0.29, 0.717) is 5.92 Å². The quantitative estimate of drug-likeness (QED) is 0.668. The summed E-state index contributed by atoms with van der Waals surface area (Å²) < 4.78 is 1.96. The second kappa shape index (κ2) is 7.93. The van der Waals surface area contributed by atoms with Crippen molar-refractivity contribution in [2.24, 2.45) is 5.92 Å². The van der Waals surface area contributed by atoms with Crippen LogP contribution in [0.3, 0.4) is 0 Å². The van der Waals surface area contributed by atoms with Gasteiger partial charge in [-0.3, -0.25) is 9.78 Å². The molecule has 0 amide bonds.